The van der Waals surface area contributed by atoms with Gasteiger partial charge in [-0.3, -0.25) is 14.5 Å². The first kappa shape index (κ1) is 18.8. The van der Waals surface area contributed by atoms with Crippen molar-refractivity contribution in [1.82, 2.24) is 0 Å². The molecule has 0 fully saturated rings. The summed E-state index contributed by atoms with van der Waals surface area (Å²) in [5.74, 6) is 0.0257. The predicted octanol–water partition coefficient (Wildman–Crippen LogP) is 4.04. The zero-order chi connectivity index (χ0) is 18.4. The van der Waals surface area contributed by atoms with Crippen LogP contribution in [0, 0.1) is 6.92 Å². The SMILES string of the molecule is CCOc1ccccc1N(CC(=O)Nc1ccc(Cl)cc1C)C(C)=O. The maximum absolute atomic E-state index is 12.4. The monoisotopic (exact) mass is 360 g/mol. The number of benzene rings is 2. The zero-order valence-corrected chi connectivity index (χ0v) is 15.3. The molecule has 2 aromatic carbocycles. The van der Waals surface area contributed by atoms with E-state index in [1.54, 1.807) is 36.4 Å². The lowest BCUT2D eigenvalue weighted by atomic mass is 10.2. The molecule has 0 heterocycles. The summed E-state index contributed by atoms with van der Waals surface area (Å²) in [5, 5.41) is 3.41. The molecule has 0 aliphatic rings. The maximum atomic E-state index is 12.4. The quantitative estimate of drug-likeness (QED) is 0.845. The molecule has 0 unspecified atom stereocenters. The molecule has 0 aliphatic heterocycles. The van der Waals surface area contributed by atoms with E-state index in [4.69, 9.17) is 16.3 Å². The fourth-order valence-electron chi connectivity index (χ4n) is 2.42. The van der Waals surface area contributed by atoms with Crippen LogP contribution in [0.4, 0.5) is 11.4 Å². The molecular formula is C19H21ClN2O3. The Labute approximate surface area is 152 Å². The van der Waals surface area contributed by atoms with Gasteiger partial charge < -0.3 is 10.1 Å². The molecule has 0 spiro atoms. The smallest absolute Gasteiger partial charge is 0.244 e. The topological polar surface area (TPSA) is 58.6 Å². The van der Waals surface area contributed by atoms with Crippen molar-refractivity contribution >= 4 is 34.8 Å². The van der Waals surface area contributed by atoms with E-state index in [1.165, 1.54) is 11.8 Å². The lowest BCUT2D eigenvalue weighted by Gasteiger charge is -2.23. The Morgan fingerprint density at radius 3 is 2.56 bits per heavy atom. The van der Waals surface area contributed by atoms with Gasteiger partial charge in [-0.15, -0.1) is 0 Å². The molecule has 25 heavy (non-hydrogen) atoms. The number of hydrogen-bond acceptors (Lipinski definition) is 3. The van der Waals surface area contributed by atoms with Crippen LogP contribution >= 0.6 is 11.6 Å². The van der Waals surface area contributed by atoms with Gasteiger partial charge in [0.1, 0.15) is 12.3 Å². The van der Waals surface area contributed by atoms with E-state index in [0.29, 0.717) is 28.8 Å². The molecule has 0 aliphatic carbocycles. The van der Waals surface area contributed by atoms with Crippen molar-refractivity contribution in [3.63, 3.8) is 0 Å². The summed E-state index contributed by atoms with van der Waals surface area (Å²) in [7, 11) is 0. The number of ether oxygens (including phenoxy) is 1. The van der Waals surface area contributed by atoms with Gasteiger partial charge in [0.05, 0.1) is 12.3 Å². The first-order valence-electron chi connectivity index (χ1n) is 7.98. The second kappa shape index (κ2) is 8.53. The van der Waals surface area contributed by atoms with Crippen LogP contribution in [0.3, 0.4) is 0 Å². The number of nitrogens with one attached hydrogen (secondary N) is 1. The summed E-state index contributed by atoms with van der Waals surface area (Å²) >= 11 is 5.93. The summed E-state index contributed by atoms with van der Waals surface area (Å²) in [5.41, 5.74) is 2.08. The molecule has 0 bridgehead atoms. The Balaban J connectivity index is 2.19. The van der Waals surface area contributed by atoms with Crippen molar-refractivity contribution in [3.8, 4) is 5.75 Å². The van der Waals surface area contributed by atoms with Crippen molar-refractivity contribution in [3.05, 3.63) is 53.1 Å². The number of nitrogens with zero attached hydrogens (tertiary/aromatic N) is 1. The zero-order valence-electron chi connectivity index (χ0n) is 14.5. The van der Waals surface area contributed by atoms with Gasteiger partial charge in [0.25, 0.3) is 0 Å². The fraction of sp³-hybridized carbons (Fsp3) is 0.263. The van der Waals surface area contributed by atoms with Gasteiger partial charge >= 0.3 is 0 Å². The predicted molar refractivity (Wildman–Crippen MR) is 100 cm³/mol. The van der Waals surface area contributed by atoms with Crippen LogP contribution in [-0.4, -0.2) is 25.0 Å². The highest BCUT2D eigenvalue weighted by Gasteiger charge is 2.19. The van der Waals surface area contributed by atoms with Gasteiger partial charge in [0.2, 0.25) is 11.8 Å². The van der Waals surface area contributed by atoms with E-state index in [2.05, 4.69) is 5.32 Å². The third-order valence-corrected chi connectivity index (χ3v) is 3.84. The molecule has 0 saturated carbocycles. The molecule has 0 saturated heterocycles. The first-order valence-corrected chi connectivity index (χ1v) is 8.36. The fourth-order valence-corrected chi connectivity index (χ4v) is 2.65. The van der Waals surface area contributed by atoms with E-state index < -0.39 is 0 Å². The second-order valence-corrected chi connectivity index (χ2v) is 5.95. The molecule has 132 valence electrons. The molecular weight excluding hydrogens is 340 g/mol. The number of anilines is 2. The third-order valence-electron chi connectivity index (χ3n) is 3.60. The molecule has 6 heteroatoms. The summed E-state index contributed by atoms with van der Waals surface area (Å²) in [6.45, 7) is 5.50. The number of aryl methyl sites for hydroxylation is 1. The average Bonchev–Trinajstić information content (AvgIpc) is 2.56. The Hall–Kier alpha value is -2.53. The van der Waals surface area contributed by atoms with Crippen LogP contribution in [0.2, 0.25) is 5.02 Å². The Morgan fingerprint density at radius 1 is 1.20 bits per heavy atom. The van der Waals surface area contributed by atoms with Crippen LogP contribution in [-0.2, 0) is 9.59 Å². The van der Waals surface area contributed by atoms with Crippen molar-refractivity contribution in [2.24, 2.45) is 0 Å². The van der Waals surface area contributed by atoms with Gasteiger partial charge in [0, 0.05) is 17.6 Å². The third kappa shape index (κ3) is 4.97. The molecule has 1 N–H and O–H groups in total. The number of amides is 2. The van der Waals surface area contributed by atoms with E-state index in [0.717, 1.165) is 5.56 Å². The van der Waals surface area contributed by atoms with Crippen LogP contribution in [0.1, 0.15) is 19.4 Å². The lowest BCUT2D eigenvalue weighted by molar-refractivity contribution is -0.120. The van der Waals surface area contributed by atoms with E-state index in [9.17, 15) is 9.59 Å². The summed E-state index contributed by atoms with van der Waals surface area (Å²) in [4.78, 5) is 25.9. The minimum absolute atomic E-state index is 0.110. The molecule has 2 aromatic rings. The summed E-state index contributed by atoms with van der Waals surface area (Å²) in [6.07, 6.45) is 0. The summed E-state index contributed by atoms with van der Waals surface area (Å²) in [6, 6.07) is 12.4. The minimum Gasteiger partial charge on any atom is -0.492 e. The van der Waals surface area contributed by atoms with Crippen LogP contribution in [0.15, 0.2) is 42.5 Å². The van der Waals surface area contributed by atoms with Crippen molar-refractivity contribution < 1.29 is 14.3 Å². The van der Waals surface area contributed by atoms with Crippen LogP contribution < -0.4 is 15.0 Å². The highest BCUT2D eigenvalue weighted by molar-refractivity contribution is 6.30. The van der Waals surface area contributed by atoms with E-state index in [-0.39, 0.29) is 18.4 Å². The van der Waals surface area contributed by atoms with Gasteiger partial charge in [-0.2, -0.15) is 0 Å². The standard InChI is InChI=1S/C19H21ClN2O3/c1-4-25-18-8-6-5-7-17(18)22(14(3)23)12-19(24)21-16-10-9-15(20)11-13(16)2/h5-11H,4,12H2,1-3H3,(H,21,24). The molecule has 2 rings (SSSR count). The normalized spacial score (nSPS) is 10.2. The Kier molecular flexibility index (Phi) is 6.42. The number of rotatable bonds is 6. The van der Waals surface area contributed by atoms with Crippen molar-refractivity contribution in [2.45, 2.75) is 20.8 Å². The van der Waals surface area contributed by atoms with Crippen molar-refractivity contribution in [1.29, 1.82) is 0 Å². The van der Waals surface area contributed by atoms with Gasteiger partial charge in [-0.25, -0.2) is 0 Å². The van der Waals surface area contributed by atoms with E-state index >= 15 is 0 Å². The number of halogens is 1. The van der Waals surface area contributed by atoms with Gasteiger partial charge in [0.15, 0.2) is 0 Å². The second-order valence-electron chi connectivity index (χ2n) is 5.51. The molecule has 0 radical (unpaired) electrons. The highest BCUT2D eigenvalue weighted by atomic mass is 35.5. The molecule has 0 aromatic heterocycles. The van der Waals surface area contributed by atoms with Gasteiger partial charge in [-0.05, 0) is 49.7 Å². The molecule has 0 atom stereocenters. The number of hydrogen-bond donors (Lipinski definition) is 1. The van der Waals surface area contributed by atoms with Crippen LogP contribution in [0.5, 0.6) is 5.75 Å². The maximum Gasteiger partial charge on any atom is 0.244 e. The van der Waals surface area contributed by atoms with E-state index in [1.807, 2.05) is 19.9 Å². The number of carbonyl (C=O) groups excluding carboxylic acids is 2. The largest absolute Gasteiger partial charge is 0.492 e. The first-order chi connectivity index (χ1) is 11.9. The molecule has 2 amide bonds. The average molecular weight is 361 g/mol. The number of para-hydroxylation sites is 2. The van der Waals surface area contributed by atoms with Crippen LogP contribution in [0.25, 0.3) is 0 Å². The Bertz CT molecular complexity index is 777. The minimum atomic E-state index is -0.299. The highest BCUT2D eigenvalue weighted by Crippen LogP contribution is 2.28. The summed E-state index contributed by atoms with van der Waals surface area (Å²) < 4.78 is 5.56. The molecule has 5 nitrogen and oxygen atoms in total. The van der Waals surface area contributed by atoms with Crippen molar-refractivity contribution in [2.75, 3.05) is 23.4 Å². The van der Waals surface area contributed by atoms with Gasteiger partial charge in [-0.1, -0.05) is 23.7 Å². The number of carbonyl (C=O) groups is 2. The Morgan fingerprint density at radius 2 is 1.92 bits per heavy atom. The lowest BCUT2D eigenvalue weighted by Crippen LogP contribution is -2.37.